The molecule has 0 aromatic heterocycles. The largest absolute Gasteiger partial charge is 0.316 e. The first-order valence-corrected chi connectivity index (χ1v) is 6.41. The molecule has 0 amide bonds. The number of benzene rings is 1. The summed E-state index contributed by atoms with van der Waals surface area (Å²) in [6.07, 6.45) is 6.59. The van der Waals surface area contributed by atoms with Gasteiger partial charge in [-0.3, -0.25) is 0 Å². The van der Waals surface area contributed by atoms with Crippen molar-refractivity contribution in [1.29, 1.82) is 0 Å². The molecule has 5 rings (SSSR count). The second-order valence-corrected chi connectivity index (χ2v) is 5.51. The van der Waals surface area contributed by atoms with Gasteiger partial charge in [0.15, 0.2) is 0 Å². The van der Waals surface area contributed by atoms with Crippen molar-refractivity contribution in [2.75, 3.05) is 13.1 Å². The van der Waals surface area contributed by atoms with Gasteiger partial charge in [-0.25, -0.2) is 0 Å². The van der Waals surface area contributed by atoms with Crippen LogP contribution < -0.4 is 5.32 Å². The van der Waals surface area contributed by atoms with Crippen LogP contribution in [0.1, 0.15) is 36.3 Å². The van der Waals surface area contributed by atoms with Crippen LogP contribution in [0.4, 0.5) is 0 Å². The Morgan fingerprint density at radius 1 is 1.25 bits per heavy atom. The number of hydrogen-bond acceptors (Lipinski definition) is 1. The lowest BCUT2D eigenvalue weighted by molar-refractivity contribution is 0.300. The summed E-state index contributed by atoms with van der Waals surface area (Å²) < 4.78 is 0. The van der Waals surface area contributed by atoms with Crippen molar-refractivity contribution in [2.45, 2.75) is 25.2 Å². The van der Waals surface area contributed by atoms with Crippen LogP contribution in [0.15, 0.2) is 30.3 Å². The lowest BCUT2D eigenvalue weighted by Gasteiger charge is -2.45. The number of hydrogen-bond donors (Lipinski definition) is 1. The van der Waals surface area contributed by atoms with E-state index in [1.807, 2.05) is 0 Å². The van der Waals surface area contributed by atoms with E-state index >= 15 is 0 Å². The summed E-state index contributed by atoms with van der Waals surface area (Å²) >= 11 is 0. The zero-order valence-electron chi connectivity index (χ0n) is 9.50. The first kappa shape index (κ1) is 9.00. The zero-order valence-corrected chi connectivity index (χ0v) is 9.50. The molecular weight excluding hydrogens is 194 g/mol. The van der Waals surface area contributed by atoms with Crippen LogP contribution in [-0.4, -0.2) is 13.1 Å². The van der Waals surface area contributed by atoms with Crippen molar-refractivity contribution < 1.29 is 0 Å². The minimum atomic E-state index is 0.460. The highest BCUT2D eigenvalue weighted by Gasteiger charge is 2.46. The molecule has 1 aliphatic heterocycles. The average molecular weight is 211 g/mol. The first-order valence-electron chi connectivity index (χ1n) is 6.41. The van der Waals surface area contributed by atoms with Crippen LogP contribution in [0.3, 0.4) is 0 Å². The maximum Gasteiger partial charge on any atom is 0.00935 e. The zero-order chi connectivity index (χ0) is 10.6. The fourth-order valence-corrected chi connectivity index (χ4v) is 4.03. The van der Waals surface area contributed by atoms with E-state index in [2.05, 4.69) is 35.7 Å². The Balaban J connectivity index is 1.94. The molecule has 0 saturated carbocycles. The van der Waals surface area contributed by atoms with Gasteiger partial charge in [0.25, 0.3) is 0 Å². The molecule has 1 heteroatoms. The van der Waals surface area contributed by atoms with E-state index in [9.17, 15) is 0 Å². The quantitative estimate of drug-likeness (QED) is 0.695. The Labute approximate surface area is 96.6 Å². The molecule has 3 aliphatic carbocycles. The Kier molecular flexibility index (Phi) is 1.68. The van der Waals surface area contributed by atoms with Crippen LogP contribution in [0, 0.1) is 5.41 Å². The predicted octanol–water partition coefficient (Wildman–Crippen LogP) is 2.94. The molecule has 82 valence electrons. The molecule has 1 heterocycles. The van der Waals surface area contributed by atoms with Crippen LogP contribution in [0.2, 0.25) is 0 Å². The number of allylic oxidation sites excluding steroid dienone is 1. The number of fused-ring (bicyclic) bond motifs is 1. The molecule has 2 unspecified atom stereocenters. The third-order valence-electron chi connectivity index (χ3n) is 4.76. The lowest BCUT2D eigenvalue weighted by atomic mass is 9.59. The van der Waals surface area contributed by atoms with Crippen molar-refractivity contribution in [1.82, 2.24) is 5.32 Å². The summed E-state index contributed by atoms with van der Waals surface area (Å²) in [7, 11) is 0. The summed E-state index contributed by atoms with van der Waals surface area (Å²) in [6.45, 7) is 2.39. The molecule has 1 N–H and O–H groups in total. The Morgan fingerprint density at radius 2 is 2.19 bits per heavy atom. The van der Waals surface area contributed by atoms with Crippen molar-refractivity contribution in [3.8, 4) is 0 Å². The monoisotopic (exact) mass is 211 g/mol. The average Bonchev–Trinajstić information content (AvgIpc) is 2.79. The van der Waals surface area contributed by atoms with E-state index < -0.39 is 0 Å². The van der Waals surface area contributed by atoms with Gasteiger partial charge in [0.05, 0.1) is 0 Å². The van der Waals surface area contributed by atoms with Gasteiger partial charge in [-0.05, 0) is 48.4 Å². The number of nitrogens with one attached hydrogen (secondary N) is 1. The van der Waals surface area contributed by atoms with Gasteiger partial charge in [0.1, 0.15) is 0 Å². The van der Waals surface area contributed by atoms with E-state index in [1.165, 1.54) is 37.9 Å². The molecule has 1 aromatic carbocycles. The van der Waals surface area contributed by atoms with Gasteiger partial charge < -0.3 is 5.32 Å². The summed E-state index contributed by atoms with van der Waals surface area (Å²) in [5.74, 6) is 0.774. The fourth-order valence-electron chi connectivity index (χ4n) is 4.03. The molecule has 2 bridgehead atoms. The van der Waals surface area contributed by atoms with E-state index in [-0.39, 0.29) is 0 Å². The first-order chi connectivity index (χ1) is 7.89. The van der Waals surface area contributed by atoms with Crippen LogP contribution in [0.5, 0.6) is 0 Å². The highest BCUT2D eigenvalue weighted by molar-refractivity contribution is 5.75. The highest BCUT2D eigenvalue weighted by atomic mass is 14.9. The van der Waals surface area contributed by atoms with Crippen molar-refractivity contribution in [2.24, 2.45) is 5.41 Å². The Bertz CT molecular complexity index is 466. The fraction of sp³-hybridized carbons (Fsp3) is 0.467. The summed E-state index contributed by atoms with van der Waals surface area (Å²) in [5.41, 5.74) is 5.23. The predicted molar refractivity (Wildman–Crippen MR) is 66.3 cm³/mol. The van der Waals surface area contributed by atoms with Crippen molar-refractivity contribution >= 4 is 5.57 Å². The van der Waals surface area contributed by atoms with Crippen LogP contribution in [-0.2, 0) is 0 Å². The number of rotatable bonds is 0. The van der Waals surface area contributed by atoms with E-state index in [4.69, 9.17) is 0 Å². The maximum absolute atomic E-state index is 3.55. The Morgan fingerprint density at radius 3 is 3.06 bits per heavy atom. The smallest absolute Gasteiger partial charge is 0.00935 e. The van der Waals surface area contributed by atoms with Crippen molar-refractivity contribution in [3.05, 3.63) is 41.5 Å². The highest BCUT2D eigenvalue weighted by Crippen LogP contribution is 2.56. The maximum atomic E-state index is 3.55. The van der Waals surface area contributed by atoms with Gasteiger partial charge in [-0.15, -0.1) is 0 Å². The topological polar surface area (TPSA) is 12.0 Å². The molecule has 1 fully saturated rings. The SMILES string of the molecule is C1=C2CCC(c3ccccc32)C12CCNC2. The van der Waals surface area contributed by atoms with Crippen LogP contribution in [0.25, 0.3) is 5.57 Å². The van der Waals surface area contributed by atoms with E-state index in [0.717, 1.165) is 5.92 Å². The summed E-state index contributed by atoms with van der Waals surface area (Å²) in [6, 6.07) is 9.05. The third kappa shape index (κ3) is 0.997. The normalized spacial score (nSPS) is 35.2. The second kappa shape index (κ2) is 2.98. The van der Waals surface area contributed by atoms with E-state index in [0.29, 0.717) is 5.41 Å². The Hall–Kier alpha value is -1.08. The molecule has 4 aliphatic rings. The van der Waals surface area contributed by atoms with Gasteiger partial charge in [-0.2, -0.15) is 0 Å². The summed E-state index contributed by atoms with van der Waals surface area (Å²) in [5, 5.41) is 3.55. The standard InChI is InChI=1S/C15H17N/c1-2-4-13-12(3-1)11-5-6-14(13)15(9-11)7-8-16-10-15/h1-4,9,14,16H,5-8,10H2. The minimum Gasteiger partial charge on any atom is -0.316 e. The molecule has 16 heavy (non-hydrogen) atoms. The van der Waals surface area contributed by atoms with Gasteiger partial charge in [-0.1, -0.05) is 30.3 Å². The minimum absolute atomic E-state index is 0.460. The molecule has 2 atom stereocenters. The molecule has 1 spiro atoms. The van der Waals surface area contributed by atoms with Crippen molar-refractivity contribution in [3.63, 3.8) is 0 Å². The second-order valence-electron chi connectivity index (χ2n) is 5.51. The van der Waals surface area contributed by atoms with Crippen LogP contribution >= 0.6 is 0 Å². The van der Waals surface area contributed by atoms with Gasteiger partial charge in [0, 0.05) is 12.0 Å². The molecule has 1 aromatic rings. The lowest BCUT2D eigenvalue weighted by Crippen LogP contribution is -2.36. The van der Waals surface area contributed by atoms with Gasteiger partial charge in [0.2, 0.25) is 0 Å². The summed E-state index contributed by atoms with van der Waals surface area (Å²) in [4.78, 5) is 0. The molecule has 1 saturated heterocycles. The van der Waals surface area contributed by atoms with Gasteiger partial charge >= 0.3 is 0 Å². The third-order valence-corrected chi connectivity index (χ3v) is 4.76. The molecular formula is C15H17N. The molecule has 1 nitrogen and oxygen atoms in total. The van der Waals surface area contributed by atoms with E-state index in [1.54, 1.807) is 11.1 Å². The molecule has 0 radical (unpaired) electrons.